The van der Waals surface area contributed by atoms with Crippen LogP contribution in [0.4, 0.5) is 0 Å². The van der Waals surface area contributed by atoms with Crippen molar-refractivity contribution in [1.82, 2.24) is 10.2 Å². The van der Waals surface area contributed by atoms with E-state index in [0.29, 0.717) is 6.54 Å². The summed E-state index contributed by atoms with van der Waals surface area (Å²) in [5, 5.41) is 2.91. The van der Waals surface area contributed by atoms with Crippen LogP contribution in [0.15, 0.2) is 0 Å². The fourth-order valence-electron chi connectivity index (χ4n) is 1.80. The van der Waals surface area contributed by atoms with E-state index in [9.17, 15) is 4.79 Å². The minimum absolute atomic E-state index is 0.127. The highest BCUT2D eigenvalue weighted by Crippen LogP contribution is 2.17. The van der Waals surface area contributed by atoms with Gasteiger partial charge in [0.15, 0.2) is 0 Å². The molecule has 1 amide bonds. The number of carbonyl (C=O) groups is 1. The lowest BCUT2D eigenvalue weighted by Gasteiger charge is -2.42. The topological polar surface area (TPSA) is 32.3 Å². The lowest BCUT2D eigenvalue weighted by molar-refractivity contribution is -0.127. The zero-order chi connectivity index (χ0) is 10.6. The molecule has 0 aliphatic carbocycles. The largest absolute Gasteiger partial charge is 0.353 e. The van der Waals surface area contributed by atoms with Crippen molar-refractivity contribution in [2.75, 3.05) is 19.6 Å². The molecule has 0 aromatic heterocycles. The Morgan fingerprint density at radius 2 is 2.14 bits per heavy atom. The quantitative estimate of drug-likeness (QED) is 0.692. The molecule has 0 unspecified atom stereocenters. The van der Waals surface area contributed by atoms with Gasteiger partial charge in [0.1, 0.15) is 0 Å². The van der Waals surface area contributed by atoms with Gasteiger partial charge in [-0.1, -0.05) is 19.8 Å². The molecule has 1 fully saturated rings. The van der Waals surface area contributed by atoms with E-state index in [2.05, 4.69) is 31.0 Å². The smallest absolute Gasteiger partial charge is 0.234 e. The van der Waals surface area contributed by atoms with Crippen LogP contribution >= 0.6 is 0 Å². The molecule has 1 saturated heterocycles. The summed E-state index contributed by atoms with van der Waals surface area (Å²) in [5.74, 6) is 0.167. The first-order chi connectivity index (χ1) is 6.56. The Labute approximate surface area is 86.9 Å². The molecule has 1 aliphatic rings. The number of hydrogen-bond donors (Lipinski definition) is 1. The van der Waals surface area contributed by atoms with Gasteiger partial charge < -0.3 is 5.32 Å². The van der Waals surface area contributed by atoms with Gasteiger partial charge in [0, 0.05) is 12.1 Å². The van der Waals surface area contributed by atoms with Crippen LogP contribution in [0.25, 0.3) is 0 Å². The Bertz CT molecular complexity index is 201. The first-order valence-electron chi connectivity index (χ1n) is 5.58. The third-order valence-corrected chi connectivity index (χ3v) is 2.94. The van der Waals surface area contributed by atoms with Gasteiger partial charge >= 0.3 is 0 Å². The monoisotopic (exact) mass is 198 g/mol. The summed E-state index contributed by atoms with van der Waals surface area (Å²) in [6.45, 7) is 8.98. The Morgan fingerprint density at radius 3 is 2.79 bits per heavy atom. The zero-order valence-corrected chi connectivity index (χ0v) is 9.60. The van der Waals surface area contributed by atoms with Crippen LogP contribution in [0.1, 0.15) is 40.0 Å². The second-order valence-corrected chi connectivity index (χ2v) is 4.72. The number of nitrogens with zero attached hydrogens (tertiary/aromatic N) is 1. The molecular weight excluding hydrogens is 176 g/mol. The molecular formula is C11H22N2O. The lowest BCUT2D eigenvalue weighted by Crippen LogP contribution is -2.60. The summed E-state index contributed by atoms with van der Waals surface area (Å²) in [4.78, 5) is 13.5. The second kappa shape index (κ2) is 4.78. The summed E-state index contributed by atoms with van der Waals surface area (Å²) >= 11 is 0. The van der Waals surface area contributed by atoms with Crippen molar-refractivity contribution in [2.45, 2.75) is 45.6 Å². The van der Waals surface area contributed by atoms with Crippen molar-refractivity contribution in [3.05, 3.63) is 0 Å². The third kappa shape index (κ3) is 2.98. The van der Waals surface area contributed by atoms with Crippen molar-refractivity contribution in [3.8, 4) is 0 Å². The molecule has 0 atom stereocenters. The molecule has 1 aliphatic heterocycles. The summed E-state index contributed by atoms with van der Waals surface area (Å²) < 4.78 is 0. The summed E-state index contributed by atoms with van der Waals surface area (Å²) in [5.41, 5.74) is 0.127. The summed E-state index contributed by atoms with van der Waals surface area (Å²) in [6, 6.07) is 0. The van der Waals surface area contributed by atoms with E-state index in [1.54, 1.807) is 0 Å². The highest BCUT2D eigenvalue weighted by molar-refractivity contribution is 5.79. The Kier molecular flexibility index (Phi) is 3.93. The highest BCUT2D eigenvalue weighted by atomic mass is 16.2. The van der Waals surface area contributed by atoms with E-state index in [-0.39, 0.29) is 11.4 Å². The number of hydrogen-bond acceptors (Lipinski definition) is 2. The fraction of sp³-hybridized carbons (Fsp3) is 0.909. The molecule has 82 valence electrons. The Balaban J connectivity index is 2.41. The standard InChI is InChI=1S/C11H22N2O/c1-4-5-6-7-13-8-10(14)12-9-11(13,2)3/h4-9H2,1-3H3,(H,12,14). The molecule has 0 aromatic carbocycles. The number of unbranched alkanes of at least 4 members (excludes halogenated alkanes) is 2. The van der Waals surface area contributed by atoms with Crippen LogP contribution in [0.5, 0.6) is 0 Å². The Morgan fingerprint density at radius 1 is 1.43 bits per heavy atom. The minimum atomic E-state index is 0.127. The number of amides is 1. The Hall–Kier alpha value is -0.570. The van der Waals surface area contributed by atoms with E-state index >= 15 is 0 Å². The molecule has 1 heterocycles. The molecule has 3 heteroatoms. The molecule has 0 saturated carbocycles. The van der Waals surface area contributed by atoms with Crippen LogP contribution in [0, 0.1) is 0 Å². The molecule has 0 bridgehead atoms. The van der Waals surface area contributed by atoms with E-state index in [1.807, 2.05) is 0 Å². The predicted molar refractivity (Wildman–Crippen MR) is 58.2 cm³/mol. The number of nitrogens with one attached hydrogen (secondary N) is 1. The third-order valence-electron chi connectivity index (χ3n) is 2.94. The van der Waals surface area contributed by atoms with E-state index in [1.165, 1.54) is 19.3 Å². The predicted octanol–water partition coefficient (Wildman–Crippen LogP) is 1.39. The van der Waals surface area contributed by atoms with Gasteiger partial charge in [-0.3, -0.25) is 9.69 Å². The minimum Gasteiger partial charge on any atom is -0.353 e. The van der Waals surface area contributed by atoms with Crippen LogP contribution in [-0.2, 0) is 4.79 Å². The van der Waals surface area contributed by atoms with Gasteiger partial charge in [0.05, 0.1) is 6.54 Å². The second-order valence-electron chi connectivity index (χ2n) is 4.72. The highest BCUT2D eigenvalue weighted by Gasteiger charge is 2.32. The first-order valence-corrected chi connectivity index (χ1v) is 5.58. The normalized spacial score (nSPS) is 22.1. The molecule has 0 aromatic rings. The average molecular weight is 198 g/mol. The number of carbonyl (C=O) groups excluding carboxylic acids is 1. The van der Waals surface area contributed by atoms with Crippen LogP contribution in [0.3, 0.4) is 0 Å². The maximum atomic E-state index is 11.2. The van der Waals surface area contributed by atoms with E-state index < -0.39 is 0 Å². The fourth-order valence-corrected chi connectivity index (χ4v) is 1.80. The van der Waals surface area contributed by atoms with Gasteiger partial charge in [0.25, 0.3) is 0 Å². The number of rotatable bonds is 4. The van der Waals surface area contributed by atoms with Crippen LogP contribution < -0.4 is 5.32 Å². The molecule has 1 rings (SSSR count). The van der Waals surface area contributed by atoms with Gasteiger partial charge in [-0.15, -0.1) is 0 Å². The SMILES string of the molecule is CCCCCN1CC(=O)NCC1(C)C. The molecule has 0 spiro atoms. The van der Waals surface area contributed by atoms with E-state index in [0.717, 1.165) is 13.1 Å². The van der Waals surface area contributed by atoms with Gasteiger partial charge in [-0.2, -0.15) is 0 Å². The van der Waals surface area contributed by atoms with Gasteiger partial charge in [-0.25, -0.2) is 0 Å². The summed E-state index contributed by atoms with van der Waals surface area (Å²) in [7, 11) is 0. The average Bonchev–Trinajstić information content (AvgIpc) is 2.12. The molecule has 14 heavy (non-hydrogen) atoms. The zero-order valence-electron chi connectivity index (χ0n) is 9.60. The first kappa shape index (κ1) is 11.5. The van der Waals surface area contributed by atoms with Crippen molar-refractivity contribution in [1.29, 1.82) is 0 Å². The van der Waals surface area contributed by atoms with Crippen molar-refractivity contribution in [3.63, 3.8) is 0 Å². The van der Waals surface area contributed by atoms with Crippen molar-refractivity contribution in [2.24, 2.45) is 0 Å². The van der Waals surface area contributed by atoms with Crippen LogP contribution in [-0.4, -0.2) is 36.0 Å². The van der Waals surface area contributed by atoms with Gasteiger partial charge in [0.2, 0.25) is 5.91 Å². The molecule has 0 radical (unpaired) electrons. The van der Waals surface area contributed by atoms with E-state index in [4.69, 9.17) is 0 Å². The molecule has 3 nitrogen and oxygen atoms in total. The summed E-state index contributed by atoms with van der Waals surface area (Å²) in [6.07, 6.45) is 3.70. The molecule has 1 N–H and O–H groups in total. The maximum absolute atomic E-state index is 11.2. The maximum Gasteiger partial charge on any atom is 0.234 e. The van der Waals surface area contributed by atoms with Crippen molar-refractivity contribution < 1.29 is 4.79 Å². The van der Waals surface area contributed by atoms with Gasteiger partial charge in [-0.05, 0) is 26.8 Å². The van der Waals surface area contributed by atoms with Crippen molar-refractivity contribution >= 4 is 5.91 Å². The van der Waals surface area contributed by atoms with Crippen LogP contribution in [0.2, 0.25) is 0 Å². The lowest BCUT2D eigenvalue weighted by atomic mass is 9.99. The number of piperazine rings is 1.